The van der Waals surface area contributed by atoms with Crippen LogP contribution >= 0.6 is 0 Å². The molecule has 0 fully saturated rings. The fraction of sp³-hybridized carbons (Fsp3) is 0.471. The second kappa shape index (κ2) is 4.84. The van der Waals surface area contributed by atoms with Gasteiger partial charge in [-0.25, -0.2) is 4.99 Å². The van der Waals surface area contributed by atoms with Gasteiger partial charge in [0.25, 0.3) is 0 Å². The summed E-state index contributed by atoms with van der Waals surface area (Å²) in [6.45, 7) is 12.8. The fourth-order valence-electron chi connectivity index (χ4n) is 2.22. The Bertz CT molecular complexity index is 530. The van der Waals surface area contributed by atoms with Crippen molar-refractivity contribution in [1.82, 2.24) is 0 Å². The van der Waals surface area contributed by atoms with E-state index in [1.165, 1.54) is 11.1 Å². The molecule has 0 atom stereocenters. The average Bonchev–Trinajstić information content (AvgIpc) is 2.60. The number of aryl methyl sites for hydroxylation is 2. The van der Waals surface area contributed by atoms with Crippen LogP contribution in [0.15, 0.2) is 35.0 Å². The van der Waals surface area contributed by atoms with Gasteiger partial charge in [0, 0.05) is 5.92 Å². The second-order valence-corrected chi connectivity index (χ2v) is 6.18. The largest absolute Gasteiger partial charge is 0.446 e. The van der Waals surface area contributed by atoms with Gasteiger partial charge in [0.1, 0.15) is 5.76 Å². The van der Waals surface area contributed by atoms with Crippen molar-refractivity contribution in [3.05, 3.63) is 41.2 Å². The van der Waals surface area contributed by atoms with Gasteiger partial charge in [-0.15, -0.1) is 0 Å². The van der Waals surface area contributed by atoms with Gasteiger partial charge in [-0.05, 0) is 44.9 Å². The Morgan fingerprint density at radius 2 is 1.68 bits per heavy atom. The van der Waals surface area contributed by atoms with E-state index >= 15 is 0 Å². The summed E-state index contributed by atoms with van der Waals surface area (Å²) >= 11 is 0. The van der Waals surface area contributed by atoms with E-state index in [1.54, 1.807) is 0 Å². The van der Waals surface area contributed by atoms with Crippen LogP contribution in [0.25, 0.3) is 0 Å². The monoisotopic (exact) mass is 257 g/mol. The Balaban J connectivity index is 2.41. The van der Waals surface area contributed by atoms with Crippen LogP contribution in [-0.2, 0) is 4.74 Å². The lowest BCUT2D eigenvalue weighted by Crippen LogP contribution is -2.18. The lowest BCUT2D eigenvalue weighted by molar-refractivity contribution is 0.359. The number of hydrogen-bond acceptors (Lipinski definition) is 2. The lowest BCUT2D eigenvalue weighted by Gasteiger charge is -2.16. The van der Waals surface area contributed by atoms with Gasteiger partial charge in [0.05, 0.1) is 11.1 Å². The van der Waals surface area contributed by atoms with Crippen LogP contribution in [0.3, 0.4) is 0 Å². The van der Waals surface area contributed by atoms with E-state index in [1.807, 2.05) is 0 Å². The van der Waals surface area contributed by atoms with E-state index in [0.29, 0.717) is 5.92 Å². The number of allylic oxidation sites excluding steroid dienone is 1. The highest BCUT2D eigenvalue weighted by molar-refractivity contribution is 5.90. The summed E-state index contributed by atoms with van der Waals surface area (Å²) in [6, 6.07) is 6.24. The Labute approximate surface area is 116 Å². The molecule has 0 saturated carbocycles. The summed E-state index contributed by atoms with van der Waals surface area (Å²) in [7, 11) is 0. The molecule has 0 unspecified atom stereocenters. The Morgan fingerprint density at radius 3 is 2.16 bits per heavy atom. The number of aliphatic imine (C=N–C) groups is 1. The second-order valence-electron chi connectivity index (χ2n) is 6.18. The first-order chi connectivity index (χ1) is 8.81. The maximum atomic E-state index is 5.96. The van der Waals surface area contributed by atoms with Crippen molar-refractivity contribution < 1.29 is 4.74 Å². The van der Waals surface area contributed by atoms with Crippen LogP contribution in [0, 0.1) is 25.2 Å². The zero-order valence-corrected chi connectivity index (χ0v) is 12.7. The molecular weight excluding hydrogens is 234 g/mol. The molecule has 0 bridgehead atoms. The first kappa shape index (κ1) is 13.9. The number of benzene rings is 1. The molecule has 1 aliphatic heterocycles. The summed E-state index contributed by atoms with van der Waals surface area (Å²) in [4.78, 5) is 4.78. The van der Waals surface area contributed by atoms with Crippen molar-refractivity contribution in [3.8, 4) is 0 Å². The zero-order valence-electron chi connectivity index (χ0n) is 12.7. The molecule has 0 saturated heterocycles. The highest BCUT2D eigenvalue weighted by Crippen LogP contribution is 2.36. The van der Waals surface area contributed by atoms with Crippen molar-refractivity contribution in [2.75, 3.05) is 0 Å². The fourth-order valence-corrected chi connectivity index (χ4v) is 2.22. The van der Waals surface area contributed by atoms with Gasteiger partial charge >= 0.3 is 0 Å². The number of rotatable bonds is 2. The Morgan fingerprint density at radius 1 is 1.11 bits per heavy atom. The van der Waals surface area contributed by atoms with E-state index in [2.05, 4.69) is 65.8 Å². The molecule has 2 nitrogen and oxygen atoms in total. The summed E-state index contributed by atoms with van der Waals surface area (Å²) in [5, 5.41) is 0. The number of hydrogen-bond donors (Lipinski definition) is 0. The zero-order chi connectivity index (χ0) is 14.2. The Hall–Kier alpha value is -1.57. The highest BCUT2D eigenvalue weighted by Gasteiger charge is 2.34. The summed E-state index contributed by atoms with van der Waals surface area (Å²) in [5.41, 5.74) is 3.27. The minimum absolute atomic E-state index is 0.131. The van der Waals surface area contributed by atoms with Crippen LogP contribution in [-0.4, -0.2) is 5.90 Å². The smallest absolute Gasteiger partial charge is 0.204 e. The van der Waals surface area contributed by atoms with Crippen molar-refractivity contribution in [3.63, 3.8) is 0 Å². The SMILES string of the molecule is Cc1cccc(C)c1N=C1OC(C(C)C)=CC1(C)C. The molecule has 0 amide bonds. The minimum Gasteiger partial charge on any atom is -0.446 e. The summed E-state index contributed by atoms with van der Waals surface area (Å²) < 4.78 is 5.96. The van der Waals surface area contributed by atoms with E-state index in [4.69, 9.17) is 9.73 Å². The third-order valence-corrected chi connectivity index (χ3v) is 3.49. The van der Waals surface area contributed by atoms with Gasteiger partial charge in [0.15, 0.2) is 0 Å². The van der Waals surface area contributed by atoms with Gasteiger partial charge in [-0.2, -0.15) is 0 Å². The molecule has 2 rings (SSSR count). The van der Waals surface area contributed by atoms with E-state index in [0.717, 1.165) is 17.3 Å². The van der Waals surface area contributed by atoms with Crippen molar-refractivity contribution in [2.24, 2.45) is 16.3 Å². The van der Waals surface area contributed by atoms with Crippen LogP contribution in [0.4, 0.5) is 5.69 Å². The normalized spacial score (nSPS) is 19.7. The third kappa shape index (κ3) is 2.73. The molecule has 19 heavy (non-hydrogen) atoms. The predicted molar refractivity (Wildman–Crippen MR) is 80.8 cm³/mol. The molecule has 0 radical (unpaired) electrons. The van der Waals surface area contributed by atoms with Gasteiger partial charge in [-0.1, -0.05) is 32.0 Å². The molecule has 1 heterocycles. The Kier molecular flexibility index (Phi) is 3.53. The first-order valence-corrected chi connectivity index (χ1v) is 6.87. The number of nitrogens with zero attached hydrogens (tertiary/aromatic N) is 1. The van der Waals surface area contributed by atoms with E-state index in [9.17, 15) is 0 Å². The molecule has 1 aromatic carbocycles. The number of para-hydroxylation sites is 1. The molecule has 102 valence electrons. The first-order valence-electron chi connectivity index (χ1n) is 6.87. The van der Waals surface area contributed by atoms with Crippen LogP contribution in [0.5, 0.6) is 0 Å². The van der Waals surface area contributed by atoms with Gasteiger partial charge in [0.2, 0.25) is 5.90 Å². The molecule has 0 spiro atoms. The van der Waals surface area contributed by atoms with Crippen molar-refractivity contribution in [1.29, 1.82) is 0 Å². The molecule has 2 heteroatoms. The minimum atomic E-state index is -0.131. The van der Waals surface area contributed by atoms with Gasteiger partial charge < -0.3 is 4.74 Å². The topological polar surface area (TPSA) is 21.6 Å². The maximum Gasteiger partial charge on any atom is 0.204 e. The standard InChI is InChI=1S/C17H23NO/c1-11(2)14-10-17(5,6)16(19-14)18-15-12(3)8-7-9-13(15)4/h7-11H,1-6H3. The van der Waals surface area contributed by atoms with E-state index in [-0.39, 0.29) is 5.41 Å². The average molecular weight is 257 g/mol. The molecule has 0 aromatic heterocycles. The summed E-state index contributed by atoms with van der Waals surface area (Å²) in [5.74, 6) is 2.22. The lowest BCUT2D eigenvalue weighted by atomic mass is 9.93. The van der Waals surface area contributed by atoms with Crippen LogP contribution in [0.2, 0.25) is 0 Å². The molecular formula is C17H23NO. The molecule has 1 aromatic rings. The number of ether oxygens (including phenoxy) is 1. The van der Waals surface area contributed by atoms with Crippen LogP contribution in [0.1, 0.15) is 38.8 Å². The molecule has 0 aliphatic carbocycles. The molecule has 1 aliphatic rings. The third-order valence-electron chi connectivity index (χ3n) is 3.49. The van der Waals surface area contributed by atoms with Crippen molar-refractivity contribution >= 4 is 11.6 Å². The van der Waals surface area contributed by atoms with Crippen LogP contribution < -0.4 is 0 Å². The maximum absolute atomic E-state index is 5.96. The molecule has 0 N–H and O–H groups in total. The highest BCUT2D eigenvalue weighted by atomic mass is 16.5. The van der Waals surface area contributed by atoms with E-state index < -0.39 is 0 Å². The van der Waals surface area contributed by atoms with Crippen molar-refractivity contribution in [2.45, 2.75) is 41.5 Å². The summed E-state index contributed by atoms with van der Waals surface area (Å²) in [6.07, 6.45) is 2.18. The predicted octanol–water partition coefficient (Wildman–Crippen LogP) is 4.93. The van der Waals surface area contributed by atoms with Gasteiger partial charge in [-0.3, -0.25) is 0 Å². The quantitative estimate of drug-likeness (QED) is 0.736.